The van der Waals surface area contributed by atoms with Gasteiger partial charge in [0.15, 0.2) is 0 Å². The van der Waals surface area contributed by atoms with Crippen LogP contribution in [0.2, 0.25) is 0 Å². The van der Waals surface area contributed by atoms with Crippen LogP contribution >= 0.6 is 0 Å². The SMILES string of the molecule is C[N+]1(CC2CN(Cc3ccccc3)CCN2Cc2ccccc2)CCNCC1. The summed E-state index contributed by atoms with van der Waals surface area (Å²) in [6, 6.07) is 22.6. The van der Waals surface area contributed by atoms with E-state index in [-0.39, 0.29) is 0 Å². The van der Waals surface area contributed by atoms with Crippen LogP contribution in [0.15, 0.2) is 60.7 Å². The van der Waals surface area contributed by atoms with Crippen LogP contribution in [0.25, 0.3) is 0 Å². The van der Waals surface area contributed by atoms with Gasteiger partial charge in [-0.2, -0.15) is 0 Å². The minimum atomic E-state index is 0.612. The van der Waals surface area contributed by atoms with Crippen LogP contribution in [-0.4, -0.2) is 79.7 Å². The zero-order valence-corrected chi connectivity index (χ0v) is 17.3. The number of piperazine rings is 2. The molecule has 2 aliphatic heterocycles. The van der Waals surface area contributed by atoms with Crippen LogP contribution in [0.3, 0.4) is 0 Å². The molecule has 2 aromatic carbocycles. The van der Waals surface area contributed by atoms with Gasteiger partial charge in [0, 0.05) is 45.8 Å². The molecule has 0 amide bonds. The molecule has 4 rings (SSSR count). The van der Waals surface area contributed by atoms with Crippen LogP contribution in [0.5, 0.6) is 0 Å². The molecule has 1 N–H and O–H groups in total. The van der Waals surface area contributed by atoms with Gasteiger partial charge < -0.3 is 9.80 Å². The van der Waals surface area contributed by atoms with Crippen molar-refractivity contribution in [3.05, 3.63) is 71.8 Å². The summed E-state index contributed by atoms with van der Waals surface area (Å²) in [7, 11) is 2.46. The average Bonchev–Trinajstić information content (AvgIpc) is 2.72. The summed E-state index contributed by atoms with van der Waals surface area (Å²) < 4.78 is 1.20. The van der Waals surface area contributed by atoms with E-state index in [1.165, 1.54) is 41.8 Å². The van der Waals surface area contributed by atoms with Crippen molar-refractivity contribution in [2.24, 2.45) is 0 Å². The van der Waals surface area contributed by atoms with E-state index < -0.39 is 0 Å². The molecule has 1 atom stereocenters. The van der Waals surface area contributed by atoms with Crippen LogP contribution in [0.4, 0.5) is 0 Å². The molecule has 2 aliphatic rings. The van der Waals surface area contributed by atoms with Gasteiger partial charge >= 0.3 is 0 Å². The highest BCUT2D eigenvalue weighted by Gasteiger charge is 2.35. The molecule has 0 bridgehead atoms. The maximum absolute atomic E-state index is 3.53. The molecule has 0 radical (unpaired) electrons. The fourth-order valence-electron chi connectivity index (χ4n) is 4.77. The predicted molar refractivity (Wildman–Crippen MR) is 116 cm³/mol. The quantitative estimate of drug-likeness (QED) is 0.778. The highest BCUT2D eigenvalue weighted by Crippen LogP contribution is 2.20. The van der Waals surface area contributed by atoms with Gasteiger partial charge in [-0.15, -0.1) is 0 Å². The van der Waals surface area contributed by atoms with Gasteiger partial charge in [0.2, 0.25) is 0 Å². The van der Waals surface area contributed by atoms with E-state index in [0.717, 1.165) is 39.3 Å². The molecule has 0 saturated carbocycles. The lowest BCUT2D eigenvalue weighted by molar-refractivity contribution is -0.913. The molecule has 2 heterocycles. The number of quaternary nitrogens is 1. The summed E-state index contributed by atoms with van der Waals surface area (Å²) in [5.41, 5.74) is 2.87. The summed E-state index contributed by atoms with van der Waals surface area (Å²) in [6.45, 7) is 11.7. The van der Waals surface area contributed by atoms with Gasteiger partial charge in [0.1, 0.15) is 0 Å². The van der Waals surface area contributed by atoms with Crippen molar-refractivity contribution in [2.75, 3.05) is 59.4 Å². The number of hydrogen-bond donors (Lipinski definition) is 1. The molecule has 4 heteroatoms. The number of likely N-dealkylation sites (N-methyl/N-ethyl adjacent to an activating group) is 1. The Labute approximate surface area is 170 Å². The topological polar surface area (TPSA) is 18.5 Å². The summed E-state index contributed by atoms with van der Waals surface area (Å²) >= 11 is 0. The van der Waals surface area contributed by atoms with Gasteiger partial charge in [0.25, 0.3) is 0 Å². The largest absolute Gasteiger partial charge is 0.323 e. The summed E-state index contributed by atoms with van der Waals surface area (Å²) in [5.74, 6) is 0. The first-order valence-corrected chi connectivity index (χ1v) is 10.8. The molecule has 2 fully saturated rings. The Morgan fingerprint density at radius 1 is 0.857 bits per heavy atom. The molecule has 150 valence electrons. The zero-order valence-electron chi connectivity index (χ0n) is 17.3. The van der Waals surface area contributed by atoms with E-state index in [1.54, 1.807) is 0 Å². The second-order valence-electron chi connectivity index (χ2n) is 8.83. The number of hydrogen-bond acceptors (Lipinski definition) is 3. The predicted octanol–water partition coefficient (Wildman–Crippen LogP) is 2.42. The molecule has 0 aromatic heterocycles. The molecular weight excluding hydrogens is 344 g/mol. The van der Waals surface area contributed by atoms with Gasteiger partial charge in [0.05, 0.1) is 32.7 Å². The Balaban J connectivity index is 1.46. The van der Waals surface area contributed by atoms with Crippen LogP contribution in [-0.2, 0) is 13.1 Å². The van der Waals surface area contributed by atoms with E-state index in [9.17, 15) is 0 Å². The maximum Gasteiger partial charge on any atom is 0.0956 e. The third kappa shape index (κ3) is 5.21. The number of rotatable bonds is 6. The lowest BCUT2D eigenvalue weighted by Crippen LogP contribution is -2.64. The second-order valence-corrected chi connectivity index (χ2v) is 8.83. The van der Waals surface area contributed by atoms with E-state index in [0.29, 0.717) is 6.04 Å². The lowest BCUT2D eigenvalue weighted by atomic mass is 10.1. The van der Waals surface area contributed by atoms with Gasteiger partial charge in [-0.05, 0) is 11.1 Å². The van der Waals surface area contributed by atoms with Crippen molar-refractivity contribution in [1.82, 2.24) is 15.1 Å². The van der Waals surface area contributed by atoms with Crippen molar-refractivity contribution in [1.29, 1.82) is 0 Å². The molecule has 28 heavy (non-hydrogen) atoms. The van der Waals surface area contributed by atoms with Gasteiger partial charge in [-0.25, -0.2) is 0 Å². The van der Waals surface area contributed by atoms with Crippen LogP contribution in [0.1, 0.15) is 11.1 Å². The third-order valence-corrected chi connectivity index (χ3v) is 6.47. The number of nitrogens with one attached hydrogen (secondary N) is 1. The molecule has 2 aromatic rings. The minimum Gasteiger partial charge on any atom is -0.323 e. The first-order valence-electron chi connectivity index (χ1n) is 10.8. The smallest absolute Gasteiger partial charge is 0.0956 e. The van der Waals surface area contributed by atoms with E-state index in [2.05, 4.69) is 82.8 Å². The fourth-order valence-corrected chi connectivity index (χ4v) is 4.77. The number of nitrogens with zero attached hydrogens (tertiary/aromatic N) is 3. The maximum atomic E-state index is 3.53. The Morgan fingerprint density at radius 2 is 1.46 bits per heavy atom. The average molecular weight is 380 g/mol. The molecular formula is C24H35N4+. The first kappa shape index (κ1) is 19.6. The Kier molecular flexibility index (Phi) is 6.43. The van der Waals surface area contributed by atoms with Crippen molar-refractivity contribution < 1.29 is 4.48 Å². The molecule has 1 unspecified atom stereocenters. The van der Waals surface area contributed by atoms with Gasteiger partial charge in [-0.1, -0.05) is 60.7 Å². The Bertz CT molecular complexity index is 712. The monoisotopic (exact) mass is 379 g/mol. The Morgan fingerprint density at radius 3 is 2.11 bits per heavy atom. The highest BCUT2D eigenvalue weighted by atomic mass is 15.4. The summed E-state index contributed by atoms with van der Waals surface area (Å²) in [5, 5.41) is 3.53. The van der Waals surface area contributed by atoms with E-state index in [4.69, 9.17) is 0 Å². The molecule has 0 spiro atoms. The van der Waals surface area contributed by atoms with Crippen molar-refractivity contribution in [2.45, 2.75) is 19.1 Å². The van der Waals surface area contributed by atoms with Crippen molar-refractivity contribution in [3.63, 3.8) is 0 Å². The van der Waals surface area contributed by atoms with Crippen molar-refractivity contribution in [3.8, 4) is 0 Å². The zero-order chi connectivity index (χ0) is 19.2. The molecule has 2 saturated heterocycles. The van der Waals surface area contributed by atoms with Gasteiger partial charge in [-0.3, -0.25) is 9.80 Å². The van der Waals surface area contributed by atoms with Crippen LogP contribution in [0, 0.1) is 0 Å². The van der Waals surface area contributed by atoms with Crippen LogP contribution < -0.4 is 5.32 Å². The lowest BCUT2D eigenvalue weighted by Gasteiger charge is -2.47. The fraction of sp³-hybridized carbons (Fsp3) is 0.500. The molecule has 0 aliphatic carbocycles. The summed E-state index contributed by atoms with van der Waals surface area (Å²) in [4.78, 5) is 5.40. The minimum absolute atomic E-state index is 0.612. The summed E-state index contributed by atoms with van der Waals surface area (Å²) in [6.07, 6.45) is 0. The van der Waals surface area contributed by atoms with E-state index >= 15 is 0 Å². The molecule has 4 nitrogen and oxygen atoms in total. The number of benzene rings is 2. The standard InChI is InChI=1S/C24H35N4/c1-28(16-12-25-13-17-28)21-24-20-26(18-22-8-4-2-5-9-22)14-15-27(24)19-23-10-6-3-7-11-23/h2-11,24-25H,12-21H2,1H3/q+1. The first-order chi connectivity index (χ1) is 13.7. The Hall–Kier alpha value is -1.72. The normalized spacial score (nSPS) is 23.5. The third-order valence-electron chi connectivity index (χ3n) is 6.47. The highest BCUT2D eigenvalue weighted by molar-refractivity contribution is 5.16. The second kappa shape index (κ2) is 9.19. The van der Waals surface area contributed by atoms with E-state index in [1.807, 2.05) is 0 Å². The van der Waals surface area contributed by atoms with Crippen molar-refractivity contribution >= 4 is 0 Å².